The van der Waals surface area contributed by atoms with Crippen LogP contribution in [0.4, 0.5) is 0 Å². The number of aliphatic imine (C=N–C) groups is 1. The summed E-state index contributed by atoms with van der Waals surface area (Å²) in [7, 11) is 0. The number of benzene rings is 1. The zero-order valence-electron chi connectivity index (χ0n) is 18.0. The Morgan fingerprint density at radius 3 is 2.32 bits per heavy atom. The molecule has 0 saturated carbocycles. The molecule has 1 aromatic rings. The largest absolute Gasteiger partial charge is 0.371 e. The van der Waals surface area contributed by atoms with Gasteiger partial charge in [-0.15, -0.1) is 0 Å². The van der Waals surface area contributed by atoms with Crippen LogP contribution in [0.15, 0.2) is 59.2 Å². The molecule has 0 saturated heterocycles. The fraction of sp³-hybridized carbons (Fsp3) is 0.577. The van der Waals surface area contributed by atoms with Gasteiger partial charge in [-0.05, 0) is 24.5 Å². The summed E-state index contributed by atoms with van der Waals surface area (Å²) < 4.78 is 6.43. The first-order valence-corrected chi connectivity index (χ1v) is 11.4. The highest BCUT2D eigenvalue weighted by molar-refractivity contribution is 5.80. The van der Waals surface area contributed by atoms with E-state index in [9.17, 15) is 0 Å². The van der Waals surface area contributed by atoms with Crippen LogP contribution in [0.5, 0.6) is 0 Å². The molecule has 0 fully saturated rings. The Labute approximate surface area is 172 Å². The molecule has 1 aromatic carbocycles. The summed E-state index contributed by atoms with van der Waals surface area (Å²) in [5.41, 5.74) is 2.05. The van der Waals surface area contributed by atoms with Crippen molar-refractivity contribution in [2.75, 3.05) is 6.61 Å². The van der Waals surface area contributed by atoms with Crippen LogP contribution in [0.1, 0.15) is 90.0 Å². The van der Waals surface area contributed by atoms with E-state index in [-0.39, 0.29) is 5.60 Å². The van der Waals surface area contributed by atoms with Crippen LogP contribution in [-0.4, -0.2) is 18.4 Å². The second-order valence-corrected chi connectivity index (χ2v) is 7.97. The molecule has 1 aliphatic rings. The topological polar surface area (TPSA) is 21.6 Å². The van der Waals surface area contributed by atoms with Crippen LogP contribution in [0.2, 0.25) is 0 Å². The number of allylic oxidation sites excluding steroid dienone is 1. The third-order valence-corrected chi connectivity index (χ3v) is 5.47. The van der Waals surface area contributed by atoms with Crippen LogP contribution in [0.25, 0.3) is 0 Å². The van der Waals surface area contributed by atoms with Gasteiger partial charge in [-0.25, -0.2) is 0 Å². The van der Waals surface area contributed by atoms with E-state index >= 15 is 0 Å². The van der Waals surface area contributed by atoms with Crippen molar-refractivity contribution in [3.8, 4) is 0 Å². The van der Waals surface area contributed by atoms with Crippen LogP contribution in [0.3, 0.4) is 0 Å². The molecule has 1 aliphatic carbocycles. The molecule has 0 spiro atoms. The Balaban J connectivity index is 1.79. The van der Waals surface area contributed by atoms with Gasteiger partial charge in [-0.3, -0.25) is 4.99 Å². The zero-order chi connectivity index (χ0) is 19.9. The summed E-state index contributed by atoms with van der Waals surface area (Å²) in [6.07, 6.45) is 22.3. The Kier molecular flexibility index (Phi) is 10.9. The molecule has 0 heterocycles. The fourth-order valence-electron chi connectivity index (χ4n) is 3.61. The van der Waals surface area contributed by atoms with E-state index in [4.69, 9.17) is 4.74 Å². The molecule has 0 amide bonds. The molecule has 0 bridgehead atoms. The maximum absolute atomic E-state index is 6.43. The highest BCUT2D eigenvalue weighted by Crippen LogP contribution is 2.31. The molecule has 0 aliphatic heterocycles. The minimum Gasteiger partial charge on any atom is -0.371 e. The molecule has 2 heteroatoms. The molecule has 2 nitrogen and oxygen atoms in total. The standard InChI is InChI=1S/C26H39NO/c1-3-5-7-8-9-10-14-22-28-26(19-6-4-2)20-17-25(18-21-26)27-23-24-15-12-11-13-16-24/h11-13,15-18,20,23H,3-10,14,19,21-22H2,1-2H3. The van der Waals surface area contributed by atoms with Crippen molar-refractivity contribution in [3.05, 3.63) is 59.8 Å². The smallest absolute Gasteiger partial charge is 0.0901 e. The van der Waals surface area contributed by atoms with Crippen molar-refractivity contribution in [3.63, 3.8) is 0 Å². The van der Waals surface area contributed by atoms with Gasteiger partial charge in [0.25, 0.3) is 0 Å². The van der Waals surface area contributed by atoms with Crippen molar-refractivity contribution in [1.82, 2.24) is 0 Å². The summed E-state index contributed by atoms with van der Waals surface area (Å²) in [6.45, 7) is 5.40. The fourth-order valence-corrected chi connectivity index (χ4v) is 3.61. The first-order chi connectivity index (χ1) is 13.8. The molecule has 1 unspecified atom stereocenters. The lowest BCUT2D eigenvalue weighted by atomic mass is 9.88. The summed E-state index contributed by atoms with van der Waals surface area (Å²) in [5.74, 6) is 0. The Morgan fingerprint density at radius 2 is 1.64 bits per heavy atom. The second-order valence-electron chi connectivity index (χ2n) is 7.97. The predicted molar refractivity (Wildman–Crippen MR) is 122 cm³/mol. The highest BCUT2D eigenvalue weighted by Gasteiger charge is 2.28. The normalized spacial score (nSPS) is 19.3. The number of hydrogen-bond acceptors (Lipinski definition) is 2. The number of hydrogen-bond donors (Lipinski definition) is 0. The minimum atomic E-state index is -0.121. The average molecular weight is 382 g/mol. The zero-order valence-corrected chi connectivity index (χ0v) is 18.0. The minimum absolute atomic E-state index is 0.121. The van der Waals surface area contributed by atoms with Gasteiger partial charge in [0.2, 0.25) is 0 Å². The maximum Gasteiger partial charge on any atom is 0.0901 e. The van der Waals surface area contributed by atoms with Gasteiger partial charge < -0.3 is 4.74 Å². The lowest BCUT2D eigenvalue weighted by molar-refractivity contribution is -0.0167. The van der Waals surface area contributed by atoms with Crippen molar-refractivity contribution < 1.29 is 4.74 Å². The van der Waals surface area contributed by atoms with E-state index in [0.29, 0.717) is 0 Å². The van der Waals surface area contributed by atoms with Crippen LogP contribution in [0, 0.1) is 0 Å². The van der Waals surface area contributed by atoms with Crippen molar-refractivity contribution in [2.24, 2.45) is 4.99 Å². The average Bonchev–Trinajstić information content (AvgIpc) is 2.74. The predicted octanol–water partition coefficient (Wildman–Crippen LogP) is 7.65. The van der Waals surface area contributed by atoms with E-state index < -0.39 is 0 Å². The molecule has 0 radical (unpaired) electrons. The SMILES string of the molecule is CCCCCCCCCOC1(CCCC)C=CC(N=Cc2ccccc2)=CC1. The molecule has 1 atom stereocenters. The third-order valence-electron chi connectivity index (χ3n) is 5.47. The van der Waals surface area contributed by atoms with Gasteiger partial charge in [0, 0.05) is 19.2 Å². The molecule has 0 aromatic heterocycles. The van der Waals surface area contributed by atoms with Crippen LogP contribution >= 0.6 is 0 Å². The van der Waals surface area contributed by atoms with Crippen molar-refractivity contribution in [2.45, 2.75) is 90.1 Å². The summed E-state index contributed by atoms with van der Waals surface area (Å²) in [6, 6.07) is 10.3. The molecule has 2 rings (SSSR count). The Bertz CT molecular complexity index is 617. The van der Waals surface area contributed by atoms with E-state index in [1.165, 1.54) is 57.8 Å². The quantitative estimate of drug-likeness (QED) is 0.239. The first-order valence-electron chi connectivity index (χ1n) is 11.4. The van der Waals surface area contributed by atoms with E-state index in [1.807, 2.05) is 24.4 Å². The van der Waals surface area contributed by atoms with Crippen molar-refractivity contribution in [1.29, 1.82) is 0 Å². The number of rotatable bonds is 14. The number of ether oxygens (including phenoxy) is 1. The van der Waals surface area contributed by atoms with Crippen LogP contribution < -0.4 is 0 Å². The van der Waals surface area contributed by atoms with E-state index in [0.717, 1.165) is 30.7 Å². The first kappa shape index (κ1) is 22.6. The Hall–Kier alpha value is -1.67. The molecular weight excluding hydrogens is 342 g/mol. The second kappa shape index (κ2) is 13.5. The highest BCUT2D eigenvalue weighted by atomic mass is 16.5. The van der Waals surface area contributed by atoms with Gasteiger partial charge in [-0.2, -0.15) is 0 Å². The van der Waals surface area contributed by atoms with Crippen molar-refractivity contribution >= 4 is 6.21 Å². The lowest BCUT2D eigenvalue weighted by Gasteiger charge is -2.32. The molecular formula is C26H39NO. The number of nitrogens with zero attached hydrogens (tertiary/aromatic N) is 1. The monoisotopic (exact) mass is 381 g/mol. The van der Waals surface area contributed by atoms with E-state index in [1.54, 1.807) is 0 Å². The van der Waals surface area contributed by atoms with Gasteiger partial charge in [0.05, 0.1) is 11.3 Å². The summed E-state index contributed by atoms with van der Waals surface area (Å²) in [4.78, 5) is 4.64. The van der Waals surface area contributed by atoms with Gasteiger partial charge in [-0.1, -0.05) is 108 Å². The van der Waals surface area contributed by atoms with Crippen LogP contribution in [-0.2, 0) is 4.74 Å². The van der Waals surface area contributed by atoms with Gasteiger partial charge in [0.15, 0.2) is 0 Å². The Morgan fingerprint density at radius 1 is 0.929 bits per heavy atom. The summed E-state index contributed by atoms with van der Waals surface area (Å²) in [5, 5.41) is 0. The maximum atomic E-state index is 6.43. The summed E-state index contributed by atoms with van der Waals surface area (Å²) >= 11 is 0. The third kappa shape index (κ3) is 8.56. The van der Waals surface area contributed by atoms with Gasteiger partial charge >= 0.3 is 0 Å². The lowest BCUT2D eigenvalue weighted by Crippen LogP contribution is -2.31. The van der Waals surface area contributed by atoms with Gasteiger partial charge in [0.1, 0.15) is 0 Å². The number of unbranched alkanes of at least 4 members (excludes halogenated alkanes) is 7. The van der Waals surface area contributed by atoms with E-state index in [2.05, 4.69) is 49.2 Å². The molecule has 28 heavy (non-hydrogen) atoms. The molecule has 154 valence electrons. The molecule has 0 N–H and O–H groups in total.